The van der Waals surface area contributed by atoms with Crippen molar-refractivity contribution in [3.8, 4) is 9.75 Å². The van der Waals surface area contributed by atoms with E-state index in [1.807, 2.05) is 17.5 Å². The Labute approximate surface area is 140 Å². The molecule has 0 aliphatic rings. The SMILES string of the molecule is COC(=O)CNS(=O)(=O)c1cc(-c2cccs2)sc1C(=O)OC. The lowest BCUT2D eigenvalue weighted by molar-refractivity contribution is -0.139. The van der Waals surface area contributed by atoms with E-state index in [0.717, 1.165) is 23.3 Å². The van der Waals surface area contributed by atoms with Crippen LogP contribution in [0.1, 0.15) is 9.67 Å². The molecule has 0 saturated heterocycles. The molecule has 0 saturated carbocycles. The summed E-state index contributed by atoms with van der Waals surface area (Å²) in [5.41, 5.74) is 0. The first-order valence-electron chi connectivity index (χ1n) is 6.21. The Kier molecular flexibility index (Phi) is 5.52. The lowest BCUT2D eigenvalue weighted by Crippen LogP contribution is -2.30. The zero-order valence-corrected chi connectivity index (χ0v) is 14.6. The second-order valence-electron chi connectivity index (χ2n) is 4.17. The van der Waals surface area contributed by atoms with Gasteiger partial charge in [0.1, 0.15) is 16.3 Å². The Bertz CT molecular complexity index is 807. The average molecular weight is 375 g/mol. The molecule has 2 heterocycles. The maximum atomic E-state index is 12.4. The molecule has 0 unspecified atom stereocenters. The van der Waals surface area contributed by atoms with Crippen LogP contribution in [0.2, 0.25) is 0 Å². The number of rotatable bonds is 6. The molecule has 0 radical (unpaired) electrons. The number of methoxy groups -OCH3 is 2. The van der Waals surface area contributed by atoms with Crippen LogP contribution >= 0.6 is 22.7 Å². The van der Waals surface area contributed by atoms with E-state index in [1.165, 1.54) is 24.5 Å². The molecule has 0 fully saturated rings. The van der Waals surface area contributed by atoms with Crippen molar-refractivity contribution in [2.45, 2.75) is 4.90 Å². The number of thiophene rings is 2. The highest BCUT2D eigenvalue weighted by Gasteiger charge is 2.27. The fourth-order valence-corrected chi connectivity index (χ4v) is 5.04. The Morgan fingerprint density at radius 1 is 1.22 bits per heavy atom. The second kappa shape index (κ2) is 7.21. The van der Waals surface area contributed by atoms with Crippen LogP contribution in [-0.4, -0.2) is 41.1 Å². The van der Waals surface area contributed by atoms with Gasteiger partial charge in [-0.3, -0.25) is 4.79 Å². The fourth-order valence-electron chi connectivity index (χ4n) is 1.65. The third-order valence-electron chi connectivity index (χ3n) is 2.76. The molecule has 0 spiro atoms. The first-order valence-corrected chi connectivity index (χ1v) is 9.39. The molecule has 0 bridgehead atoms. The standard InChI is InChI=1S/C13H13NO6S3/c1-19-11(15)7-14-23(17,18)10-6-9(8-4-3-5-21-8)22-12(10)13(16)20-2/h3-6,14H,7H2,1-2H3. The van der Waals surface area contributed by atoms with Crippen molar-refractivity contribution < 1.29 is 27.5 Å². The van der Waals surface area contributed by atoms with Gasteiger partial charge in [0.05, 0.1) is 14.2 Å². The molecule has 0 aromatic carbocycles. The summed E-state index contributed by atoms with van der Waals surface area (Å²) < 4.78 is 35.9. The van der Waals surface area contributed by atoms with Crippen molar-refractivity contribution in [2.24, 2.45) is 0 Å². The van der Waals surface area contributed by atoms with Gasteiger partial charge >= 0.3 is 11.9 Å². The Hall–Kier alpha value is -1.75. The predicted octanol–water partition coefficient (Wildman–Crippen LogP) is 1.71. The highest BCUT2D eigenvalue weighted by molar-refractivity contribution is 7.89. The third kappa shape index (κ3) is 3.96. The molecule has 124 valence electrons. The summed E-state index contributed by atoms with van der Waals surface area (Å²) in [6, 6.07) is 5.03. The minimum Gasteiger partial charge on any atom is -0.468 e. The number of hydrogen-bond donors (Lipinski definition) is 1. The predicted molar refractivity (Wildman–Crippen MR) is 86.2 cm³/mol. The van der Waals surface area contributed by atoms with Crippen molar-refractivity contribution in [2.75, 3.05) is 20.8 Å². The topological polar surface area (TPSA) is 98.8 Å². The van der Waals surface area contributed by atoms with Crippen LogP contribution < -0.4 is 4.72 Å². The van der Waals surface area contributed by atoms with E-state index in [9.17, 15) is 18.0 Å². The summed E-state index contributed by atoms with van der Waals surface area (Å²) in [7, 11) is -1.74. The van der Waals surface area contributed by atoms with Gasteiger partial charge in [0.15, 0.2) is 0 Å². The molecule has 1 N–H and O–H groups in total. The van der Waals surface area contributed by atoms with Crippen molar-refractivity contribution >= 4 is 44.6 Å². The summed E-state index contributed by atoms with van der Waals surface area (Å²) in [5.74, 6) is -1.49. The number of sulfonamides is 1. The first kappa shape index (κ1) is 17.6. The van der Waals surface area contributed by atoms with Crippen molar-refractivity contribution in [1.29, 1.82) is 0 Å². The fraction of sp³-hybridized carbons (Fsp3) is 0.231. The number of carbonyl (C=O) groups excluding carboxylic acids is 2. The van der Waals surface area contributed by atoms with E-state index >= 15 is 0 Å². The molecule has 2 rings (SSSR count). The highest BCUT2D eigenvalue weighted by Crippen LogP contribution is 2.36. The molecule has 23 heavy (non-hydrogen) atoms. The monoisotopic (exact) mass is 375 g/mol. The van der Waals surface area contributed by atoms with Crippen LogP contribution in [0.25, 0.3) is 9.75 Å². The van der Waals surface area contributed by atoms with Gasteiger partial charge in [-0.1, -0.05) is 6.07 Å². The Morgan fingerprint density at radius 2 is 1.96 bits per heavy atom. The largest absolute Gasteiger partial charge is 0.468 e. The van der Waals surface area contributed by atoms with Gasteiger partial charge in [-0.2, -0.15) is 4.72 Å². The summed E-state index contributed by atoms with van der Waals surface area (Å²) in [6.45, 7) is -0.524. The maximum absolute atomic E-state index is 12.4. The zero-order valence-electron chi connectivity index (χ0n) is 12.2. The third-order valence-corrected chi connectivity index (χ3v) is 6.49. The molecular formula is C13H13NO6S3. The van der Waals surface area contributed by atoms with Crippen molar-refractivity contribution in [3.63, 3.8) is 0 Å². The quantitative estimate of drug-likeness (QED) is 0.772. The zero-order chi connectivity index (χ0) is 17.0. The van der Waals surface area contributed by atoms with E-state index in [0.29, 0.717) is 4.88 Å². The molecule has 0 aliphatic carbocycles. The molecule has 10 heteroatoms. The number of carbonyl (C=O) groups is 2. The normalized spacial score (nSPS) is 11.2. The van der Waals surface area contributed by atoms with Crippen LogP contribution in [-0.2, 0) is 24.3 Å². The first-order chi connectivity index (χ1) is 10.9. The summed E-state index contributed by atoms with van der Waals surface area (Å²) in [4.78, 5) is 24.2. The second-order valence-corrected chi connectivity index (χ2v) is 7.91. The lowest BCUT2D eigenvalue weighted by Gasteiger charge is -2.05. The van der Waals surface area contributed by atoms with Gasteiger partial charge in [-0.25, -0.2) is 13.2 Å². The van der Waals surface area contributed by atoms with E-state index < -0.39 is 28.5 Å². The van der Waals surface area contributed by atoms with Gasteiger partial charge in [0.25, 0.3) is 0 Å². The molecule has 0 amide bonds. The van der Waals surface area contributed by atoms with Crippen LogP contribution in [0.5, 0.6) is 0 Å². The number of nitrogens with one attached hydrogen (secondary N) is 1. The summed E-state index contributed by atoms with van der Waals surface area (Å²) >= 11 is 2.44. The number of esters is 2. The van der Waals surface area contributed by atoms with Gasteiger partial charge in [0, 0.05) is 9.75 Å². The number of hydrogen-bond acceptors (Lipinski definition) is 8. The van der Waals surface area contributed by atoms with E-state index in [1.54, 1.807) is 0 Å². The number of ether oxygens (including phenoxy) is 2. The lowest BCUT2D eigenvalue weighted by atomic mass is 10.3. The molecule has 0 aliphatic heterocycles. The van der Waals surface area contributed by atoms with Gasteiger partial charge in [-0.15, -0.1) is 22.7 Å². The summed E-state index contributed by atoms with van der Waals surface area (Å²) in [6.07, 6.45) is 0. The van der Waals surface area contributed by atoms with E-state index in [-0.39, 0.29) is 9.77 Å². The highest BCUT2D eigenvalue weighted by atomic mass is 32.2. The minimum atomic E-state index is -4.06. The van der Waals surface area contributed by atoms with Crippen LogP contribution in [0.4, 0.5) is 0 Å². The van der Waals surface area contributed by atoms with Crippen LogP contribution in [0.3, 0.4) is 0 Å². The molecule has 2 aromatic rings. The van der Waals surface area contributed by atoms with Crippen molar-refractivity contribution in [3.05, 3.63) is 28.5 Å². The molecular weight excluding hydrogens is 362 g/mol. The Balaban J connectivity index is 2.43. The minimum absolute atomic E-state index is 0.0479. The smallest absolute Gasteiger partial charge is 0.349 e. The van der Waals surface area contributed by atoms with Gasteiger partial charge in [0.2, 0.25) is 10.0 Å². The Morgan fingerprint density at radius 3 is 2.52 bits per heavy atom. The van der Waals surface area contributed by atoms with E-state index in [2.05, 4.69) is 14.2 Å². The molecule has 7 nitrogen and oxygen atoms in total. The van der Waals surface area contributed by atoms with Gasteiger partial charge in [-0.05, 0) is 17.5 Å². The molecule has 0 atom stereocenters. The molecule has 2 aromatic heterocycles. The average Bonchev–Trinajstić information content (AvgIpc) is 3.20. The summed E-state index contributed by atoms with van der Waals surface area (Å²) in [5, 5.41) is 1.84. The van der Waals surface area contributed by atoms with Crippen LogP contribution in [0.15, 0.2) is 28.5 Å². The van der Waals surface area contributed by atoms with E-state index in [4.69, 9.17) is 0 Å². The van der Waals surface area contributed by atoms with Crippen molar-refractivity contribution in [1.82, 2.24) is 4.72 Å². The van der Waals surface area contributed by atoms with Crippen LogP contribution in [0, 0.1) is 0 Å². The maximum Gasteiger partial charge on any atom is 0.349 e. The van der Waals surface area contributed by atoms with Gasteiger partial charge < -0.3 is 9.47 Å².